The van der Waals surface area contributed by atoms with Crippen molar-refractivity contribution in [2.24, 2.45) is 0 Å². The molecule has 1 aromatic carbocycles. The summed E-state index contributed by atoms with van der Waals surface area (Å²) in [6.45, 7) is 3.99. The molecule has 4 rings (SSSR count). The summed E-state index contributed by atoms with van der Waals surface area (Å²) >= 11 is 8.08. The fourth-order valence-electron chi connectivity index (χ4n) is 2.80. The minimum atomic E-state index is 0.248. The second-order valence-electron chi connectivity index (χ2n) is 5.19. The Bertz CT molecular complexity index is 858. The largest absolute Gasteiger partial charge is 0.279 e. The van der Waals surface area contributed by atoms with Gasteiger partial charge in [0.25, 0.3) is 0 Å². The first kappa shape index (κ1) is 13.1. The van der Waals surface area contributed by atoms with Crippen LogP contribution in [-0.2, 0) is 0 Å². The summed E-state index contributed by atoms with van der Waals surface area (Å²) in [5.41, 5.74) is 3.92. The van der Waals surface area contributed by atoms with Crippen LogP contribution in [0.2, 0.25) is 5.15 Å². The van der Waals surface area contributed by atoms with Gasteiger partial charge in [-0.05, 0) is 25.5 Å². The van der Waals surface area contributed by atoms with Gasteiger partial charge in [0, 0.05) is 16.3 Å². The van der Waals surface area contributed by atoms with Crippen molar-refractivity contribution in [1.82, 2.24) is 19.6 Å². The lowest BCUT2D eigenvalue weighted by Gasteiger charge is -2.12. The van der Waals surface area contributed by atoms with Gasteiger partial charge in [0.15, 0.2) is 10.8 Å². The van der Waals surface area contributed by atoms with Crippen LogP contribution in [0, 0.1) is 13.8 Å². The average Bonchev–Trinajstić information content (AvgIpc) is 3.08. The van der Waals surface area contributed by atoms with Crippen molar-refractivity contribution in [3.63, 3.8) is 0 Å². The molecule has 1 aliphatic heterocycles. The third-order valence-corrected chi connectivity index (χ3v) is 5.45. The van der Waals surface area contributed by atoms with E-state index in [-0.39, 0.29) is 5.92 Å². The van der Waals surface area contributed by atoms with E-state index in [1.54, 1.807) is 0 Å². The molecule has 4 nitrogen and oxygen atoms in total. The molecule has 1 unspecified atom stereocenters. The molecule has 0 fully saturated rings. The van der Waals surface area contributed by atoms with Gasteiger partial charge >= 0.3 is 0 Å². The maximum atomic E-state index is 6.21. The zero-order valence-corrected chi connectivity index (χ0v) is 13.2. The number of fused-ring (bicyclic) bond motifs is 2. The van der Waals surface area contributed by atoms with E-state index in [4.69, 9.17) is 11.6 Å². The Kier molecular flexibility index (Phi) is 2.94. The smallest absolute Gasteiger partial charge is 0.198 e. The predicted octanol–water partition coefficient (Wildman–Crippen LogP) is 3.63. The average molecular weight is 317 g/mol. The molecular formula is C15H13ClN4S. The summed E-state index contributed by atoms with van der Waals surface area (Å²) in [5, 5.41) is 9.07. The van der Waals surface area contributed by atoms with Gasteiger partial charge in [-0.2, -0.15) is 0 Å². The van der Waals surface area contributed by atoms with Gasteiger partial charge in [-0.1, -0.05) is 29.8 Å². The molecular weight excluding hydrogens is 304 g/mol. The third kappa shape index (κ3) is 1.88. The molecule has 0 amide bonds. The molecule has 6 heteroatoms. The van der Waals surface area contributed by atoms with Crippen molar-refractivity contribution in [3.05, 3.63) is 52.2 Å². The van der Waals surface area contributed by atoms with Crippen LogP contribution < -0.4 is 0 Å². The molecule has 0 saturated carbocycles. The van der Waals surface area contributed by atoms with Gasteiger partial charge < -0.3 is 0 Å². The molecule has 3 heterocycles. The van der Waals surface area contributed by atoms with Crippen LogP contribution in [0.15, 0.2) is 29.2 Å². The summed E-state index contributed by atoms with van der Waals surface area (Å²) in [5.74, 6) is 2.18. The molecule has 3 aromatic rings. The Morgan fingerprint density at radius 2 is 2.05 bits per heavy atom. The van der Waals surface area contributed by atoms with Crippen LogP contribution in [0.1, 0.15) is 28.7 Å². The highest BCUT2D eigenvalue weighted by Gasteiger charge is 2.29. The predicted molar refractivity (Wildman–Crippen MR) is 84.3 cm³/mol. The summed E-state index contributed by atoms with van der Waals surface area (Å²) in [4.78, 5) is 5.65. The zero-order chi connectivity index (χ0) is 14.6. The second-order valence-corrected chi connectivity index (χ2v) is 6.61. The van der Waals surface area contributed by atoms with Gasteiger partial charge in [-0.3, -0.25) is 4.40 Å². The number of hydrogen-bond acceptors (Lipinski definition) is 4. The van der Waals surface area contributed by atoms with Gasteiger partial charge in [0.1, 0.15) is 5.82 Å². The maximum absolute atomic E-state index is 6.21. The van der Waals surface area contributed by atoms with Crippen LogP contribution in [0.3, 0.4) is 0 Å². The monoisotopic (exact) mass is 316 g/mol. The van der Waals surface area contributed by atoms with Crippen molar-refractivity contribution in [2.45, 2.75) is 24.7 Å². The van der Waals surface area contributed by atoms with Crippen molar-refractivity contribution in [3.8, 4) is 0 Å². The first-order valence-electron chi connectivity index (χ1n) is 6.76. The second kappa shape index (κ2) is 4.71. The molecule has 2 aromatic heterocycles. The number of halogens is 1. The lowest BCUT2D eigenvalue weighted by atomic mass is 10.0. The molecule has 0 saturated heterocycles. The summed E-state index contributed by atoms with van der Waals surface area (Å²) in [6, 6.07) is 8.49. The fraction of sp³-hybridized carbons (Fsp3) is 0.267. The van der Waals surface area contributed by atoms with Crippen molar-refractivity contribution in [2.75, 3.05) is 5.75 Å². The number of rotatable bonds is 1. The molecule has 1 atom stereocenters. The highest BCUT2D eigenvalue weighted by atomic mass is 35.5. The normalized spacial score (nSPS) is 17.4. The first-order valence-corrected chi connectivity index (χ1v) is 8.12. The van der Waals surface area contributed by atoms with E-state index in [0.29, 0.717) is 10.8 Å². The van der Waals surface area contributed by atoms with Crippen LogP contribution in [0.5, 0.6) is 0 Å². The van der Waals surface area contributed by atoms with E-state index in [1.165, 1.54) is 10.5 Å². The molecule has 0 radical (unpaired) electrons. The van der Waals surface area contributed by atoms with E-state index in [0.717, 1.165) is 23.0 Å². The van der Waals surface area contributed by atoms with E-state index >= 15 is 0 Å². The van der Waals surface area contributed by atoms with Crippen molar-refractivity contribution >= 4 is 29.0 Å². The number of nitrogens with zero attached hydrogens (tertiary/aromatic N) is 4. The number of aromatic nitrogens is 4. The highest BCUT2D eigenvalue weighted by molar-refractivity contribution is 7.99. The molecule has 21 heavy (non-hydrogen) atoms. The van der Waals surface area contributed by atoms with Crippen molar-refractivity contribution < 1.29 is 0 Å². The van der Waals surface area contributed by atoms with Crippen LogP contribution in [0.4, 0.5) is 0 Å². The molecule has 1 aliphatic rings. The lowest BCUT2D eigenvalue weighted by Crippen LogP contribution is -2.09. The fourth-order valence-corrected chi connectivity index (χ4v) is 4.28. The SMILES string of the molecule is Cc1nc(Cl)c2nnc(C3CSc4ccccc43)n2c1C. The molecule has 0 bridgehead atoms. The topological polar surface area (TPSA) is 43.1 Å². The number of benzene rings is 1. The standard InChI is InChI=1S/C15H13ClN4S/c1-8-9(2)20-14(18-19-15(20)13(16)17-8)11-7-21-12-6-4-3-5-10(11)12/h3-6,11H,7H2,1-2H3. The third-order valence-electron chi connectivity index (χ3n) is 4.01. The summed E-state index contributed by atoms with van der Waals surface area (Å²) in [6.07, 6.45) is 0. The Labute approximate surface area is 131 Å². The number of thioether (sulfide) groups is 1. The number of aryl methyl sites for hydroxylation is 2. The molecule has 0 aliphatic carbocycles. The Hall–Kier alpha value is -1.59. The van der Waals surface area contributed by atoms with Crippen LogP contribution >= 0.6 is 23.4 Å². The van der Waals surface area contributed by atoms with E-state index < -0.39 is 0 Å². The van der Waals surface area contributed by atoms with Gasteiger partial charge in [0.2, 0.25) is 0 Å². The van der Waals surface area contributed by atoms with Crippen LogP contribution in [0.25, 0.3) is 5.65 Å². The Morgan fingerprint density at radius 3 is 2.90 bits per heavy atom. The van der Waals surface area contributed by atoms with Gasteiger partial charge in [0.05, 0.1) is 11.6 Å². The van der Waals surface area contributed by atoms with Gasteiger partial charge in [-0.25, -0.2) is 4.98 Å². The van der Waals surface area contributed by atoms with E-state index in [1.807, 2.05) is 25.6 Å². The van der Waals surface area contributed by atoms with Gasteiger partial charge in [-0.15, -0.1) is 22.0 Å². The van der Waals surface area contributed by atoms with Crippen LogP contribution in [-0.4, -0.2) is 25.3 Å². The van der Waals surface area contributed by atoms with E-state index in [2.05, 4.69) is 43.8 Å². The zero-order valence-electron chi connectivity index (χ0n) is 11.7. The molecule has 0 spiro atoms. The molecule has 106 valence electrons. The maximum Gasteiger partial charge on any atom is 0.198 e. The minimum Gasteiger partial charge on any atom is -0.279 e. The Morgan fingerprint density at radius 1 is 1.24 bits per heavy atom. The summed E-state index contributed by atoms with van der Waals surface area (Å²) in [7, 11) is 0. The molecule has 0 N–H and O–H groups in total. The lowest BCUT2D eigenvalue weighted by molar-refractivity contribution is 0.793. The highest BCUT2D eigenvalue weighted by Crippen LogP contribution is 2.42. The van der Waals surface area contributed by atoms with E-state index in [9.17, 15) is 0 Å². The minimum absolute atomic E-state index is 0.248. The van der Waals surface area contributed by atoms with Crippen molar-refractivity contribution in [1.29, 1.82) is 0 Å². The number of hydrogen-bond donors (Lipinski definition) is 0. The summed E-state index contributed by atoms with van der Waals surface area (Å²) < 4.78 is 2.05. The first-order chi connectivity index (χ1) is 10.2. The Balaban J connectivity index is 1.97. The quantitative estimate of drug-likeness (QED) is 0.687.